The van der Waals surface area contributed by atoms with E-state index in [-0.39, 0.29) is 0 Å². The lowest BCUT2D eigenvalue weighted by Crippen LogP contribution is -2.15. The SMILES string of the molecule is Cc1c(-c2ccccc2)ccc(-c2ccccc2)c1N(c1ccccc1)c1cc(C)c2ccc3c(N(c4ccccc4)c4c(-c5ccccc5)ccc(-c5ccccc5)c4C)cc(C)c4ccc1c2c43. The molecule has 0 bridgehead atoms. The van der Waals surface area contributed by atoms with Crippen molar-refractivity contribution in [2.75, 3.05) is 9.80 Å². The topological polar surface area (TPSA) is 6.48 Å². The third-order valence-corrected chi connectivity index (χ3v) is 14.4. The van der Waals surface area contributed by atoms with Crippen molar-refractivity contribution >= 4 is 66.4 Å². The van der Waals surface area contributed by atoms with Crippen molar-refractivity contribution in [2.24, 2.45) is 0 Å². The summed E-state index contributed by atoms with van der Waals surface area (Å²) in [5.74, 6) is 0. The molecule has 0 fully saturated rings. The minimum Gasteiger partial charge on any atom is -0.309 e. The first-order valence-corrected chi connectivity index (χ1v) is 24.4. The third kappa shape index (κ3) is 7.20. The van der Waals surface area contributed by atoms with Gasteiger partial charge in [-0.2, -0.15) is 0 Å². The van der Waals surface area contributed by atoms with Crippen LogP contribution in [-0.2, 0) is 0 Å². The summed E-state index contributed by atoms with van der Waals surface area (Å²) in [6, 6.07) is 88.9. The van der Waals surface area contributed by atoms with Crippen LogP contribution < -0.4 is 9.80 Å². The summed E-state index contributed by atoms with van der Waals surface area (Å²) in [5.41, 5.74) is 21.3. The highest BCUT2D eigenvalue weighted by Crippen LogP contribution is 2.53. The number of nitrogens with zero attached hydrogens (tertiary/aromatic N) is 2. The van der Waals surface area contributed by atoms with Gasteiger partial charge in [0.15, 0.2) is 0 Å². The van der Waals surface area contributed by atoms with Gasteiger partial charge >= 0.3 is 0 Å². The average Bonchev–Trinajstić information content (AvgIpc) is 3.42. The van der Waals surface area contributed by atoms with Crippen LogP contribution in [0.3, 0.4) is 0 Å². The van der Waals surface area contributed by atoms with E-state index >= 15 is 0 Å². The maximum absolute atomic E-state index is 2.54. The van der Waals surface area contributed by atoms with E-state index in [4.69, 9.17) is 0 Å². The monoisotopic (exact) mass is 896 g/mol. The lowest BCUT2D eigenvalue weighted by Gasteiger charge is -2.33. The predicted octanol–water partition coefficient (Wildman–Crippen LogP) is 19.4. The van der Waals surface area contributed by atoms with Gasteiger partial charge in [-0.15, -0.1) is 0 Å². The van der Waals surface area contributed by atoms with Gasteiger partial charge in [0.2, 0.25) is 0 Å². The lowest BCUT2D eigenvalue weighted by atomic mass is 9.87. The summed E-state index contributed by atoms with van der Waals surface area (Å²) >= 11 is 0. The van der Waals surface area contributed by atoms with E-state index < -0.39 is 0 Å². The van der Waals surface area contributed by atoms with Crippen LogP contribution >= 0.6 is 0 Å². The standard InChI is InChI=1S/C68H52N2/c1-45-43-63(69(53-31-19-9-20-32-53)67-47(3)57(49-23-11-5-12-24-49)37-39-59(67)51-27-15-7-16-28-51)61-42-36-56-46(2)44-64(62-41-35-55(45)65(61)66(56)62)70(54-33-21-10-22-34-54)68-48(4)58(50-25-13-6-14-26-50)38-40-60(68)52-29-17-8-18-30-52/h5-44H,1-4H3. The Hall–Kier alpha value is -8.72. The largest absolute Gasteiger partial charge is 0.309 e. The zero-order chi connectivity index (χ0) is 47.3. The zero-order valence-corrected chi connectivity index (χ0v) is 40.0. The zero-order valence-electron chi connectivity index (χ0n) is 40.0. The Morgan fingerprint density at radius 2 is 0.529 bits per heavy atom. The summed E-state index contributed by atoms with van der Waals surface area (Å²) in [4.78, 5) is 5.08. The smallest absolute Gasteiger partial charge is 0.0575 e. The molecule has 0 atom stereocenters. The van der Waals surface area contributed by atoms with Crippen molar-refractivity contribution < 1.29 is 0 Å². The van der Waals surface area contributed by atoms with Gasteiger partial charge in [0.1, 0.15) is 0 Å². The van der Waals surface area contributed by atoms with Gasteiger partial charge in [-0.05, 0) is 141 Å². The molecule has 12 aromatic rings. The summed E-state index contributed by atoms with van der Waals surface area (Å²) < 4.78 is 0. The fourth-order valence-electron chi connectivity index (χ4n) is 11.1. The molecule has 0 aliphatic carbocycles. The third-order valence-electron chi connectivity index (χ3n) is 14.4. The van der Waals surface area contributed by atoms with Crippen LogP contribution in [0.4, 0.5) is 34.1 Å². The van der Waals surface area contributed by atoms with Gasteiger partial charge < -0.3 is 9.80 Å². The molecule has 0 radical (unpaired) electrons. The van der Waals surface area contributed by atoms with E-state index in [1.54, 1.807) is 0 Å². The van der Waals surface area contributed by atoms with Gasteiger partial charge in [-0.1, -0.05) is 206 Å². The van der Waals surface area contributed by atoms with Crippen LogP contribution in [0, 0.1) is 27.7 Å². The second-order valence-electron chi connectivity index (χ2n) is 18.6. The van der Waals surface area contributed by atoms with Crippen LogP contribution in [0.2, 0.25) is 0 Å². The molecule has 0 unspecified atom stereocenters. The molecule has 0 aliphatic heterocycles. The maximum Gasteiger partial charge on any atom is 0.0575 e. The highest BCUT2D eigenvalue weighted by molar-refractivity contribution is 6.29. The number of para-hydroxylation sites is 2. The van der Waals surface area contributed by atoms with E-state index in [0.29, 0.717) is 0 Å². The molecule has 0 aliphatic rings. The summed E-state index contributed by atoms with van der Waals surface area (Å²) in [5, 5.41) is 7.50. The molecule has 0 saturated carbocycles. The molecule has 12 aromatic carbocycles. The van der Waals surface area contributed by atoms with Crippen LogP contribution in [-0.4, -0.2) is 0 Å². The Morgan fingerprint density at radius 1 is 0.257 bits per heavy atom. The van der Waals surface area contributed by atoms with E-state index in [2.05, 4.69) is 280 Å². The molecule has 0 aromatic heterocycles. The summed E-state index contributed by atoms with van der Waals surface area (Å²) in [7, 11) is 0. The van der Waals surface area contributed by atoms with Crippen molar-refractivity contribution in [3.8, 4) is 44.5 Å². The Bertz CT molecular complexity index is 3570. The minimum atomic E-state index is 1.11. The number of aryl methyl sites for hydroxylation is 2. The van der Waals surface area contributed by atoms with Crippen LogP contribution in [0.15, 0.2) is 243 Å². The first kappa shape index (κ1) is 42.6. The molecular formula is C68H52N2. The van der Waals surface area contributed by atoms with Crippen LogP contribution in [0.25, 0.3) is 76.8 Å². The molecule has 0 saturated heterocycles. The number of anilines is 6. The molecule has 334 valence electrons. The second-order valence-corrected chi connectivity index (χ2v) is 18.6. The Labute approximate surface area is 411 Å². The van der Waals surface area contributed by atoms with Gasteiger partial charge in [0.05, 0.1) is 22.7 Å². The predicted molar refractivity (Wildman–Crippen MR) is 300 cm³/mol. The van der Waals surface area contributed by atoms with Gasteiger partial charge in [0.25, 0.3) is 0 Å². The van der Waals surface area contributed by atoms with E-state index in [9.17, 15) is 0 Å². The minimum absolute atomic E-state index is 1.11. The molecule has 12 rings (SSSR count). The van der Waals surface area contributed by atoms with Crippen molar-refractivity contribution in [3.63, 3.8) is 0 Å². The second kappa shape index (κ2) is 17.7. The average molecular weight is 897 g/mol. The van der Waals surface area contributed by atoms with E-state index in [0.717, 1.165) is 22.7 Å². The summed E-state index contributed by atoms with van der Waals surface area (Å²) in [6.45, 7) is 9.18. The quantitative estimate of drug-likeness (QED) is 0.126. The van der Waals surface area contributed by atoms with E-state index in [1.165, 1.54) is 110 Å². The molecule has 2 nitrogen and oxygen atoms in total. The Morgan fingerprint density at radius 3 is 0.857 bits per heavy atom. The number of rotatable bonds is 10. The fraction of sp³-hybridized carbons (Fsp3) is 0.0588. The first-order valence-electron chi connectivity index (χ1n) is 24.4. The summed E-state index contributed by atoms with van der Waals surface area (Å²) in [6.07, 6.45) is 0. The van der Waals surface area contributed by atoms with Crippen molar-refractivity contribution in [3.05, 3.63) is 265 Å². The highest BCUT2D eigenvalue weighted by Gasteiger charge is 2.28. The Kier molecular flexibility index (Phi) is 10.8. The van der Waals surface area contributed by atoms with Gasteiger partial charge in [-0.25, -0.2) is 0 Å². The molecule has 2 heteroatoms. The molecular weight excluding hydrogens is 845 g/mol. The van der Waals surface area contributed by atoms with Crippen LogP contribution in [0.5, 0.6) is 0 Å². The lowest BCUT2D eigenvalue weighted by molar-refractivity contribution is 1.25. The first-order chi connectivity index (χ1) is 34.4. The molecule has 0 spiro atoms. The Balaban J connectivity index is 1.17. The molecule has 70 heavy (non-hydrogen) atoms. The highest BCUT2D eigenvalue weighted by atomic mass is 15.2. The molecule has 0 N–H and O–H groups in total. The van der Waals surface area contributed by atoms with Crippen molar-refractivity contribution in [1.29, 1.82) is 0 Å². The number of hydrogen-bond donors (Lipinski definition) is 0. The van der Waals surface area contributed by atoms with Crippen molar-refractivity contribution in [2.45, 2.75) is 27.7 Å². The van der Waals surface area contributed by atoms with E-state index in [1.807, 2.05) is 0 Å². The normalized spacial score (nSPS) is 11.4. The van der Waals surface area contributed by atoms with Crippen molar-refractivity contribution in [1.82, 2.24) is 0 Å². The van der Waals surface area contributed by atoms with Gasteiger partial charge in [0, 0.05) is 33.3 Å². The van der Waals surface area contributed by atoms with Crippen LogP contribution in [0.1, 0.15) is 22.3 Å². The van der Waals surface area contributed by atoms with Gasteiger partial charge in [-0.3, -0.25) is 0 Å². The fourth-order valence-corrected chi connectivity index (χ4v) is 11.1. The maximum atomic E-state index is 2.54. The number of hydrogen-bond acceptors (Lipinski definition) is 2. The molecule has 0 heterocycles. The molecule has 0 amide bonds. The number of benzene rings is 12.